The van der Waals surface area contributed by atoms with Crippen molar-refractivity contribution in [2.45, 2.75) is 18.9 Å². The normalized spacial score (nSPS) is 14.7. The Hall–Kier alpha value is -3.67. The first-order valence-electron chi connectivity index (χ1n) is 10.1. The maximum absolute atomic E-state index is 12.7. The number of hydrogen-bond donors (Lipinski definition) is 1. The van der Waals surface area contributed by atoms with Gasteiger partial charge in [0, 0.05) is 22.9 Å². The fraction of sp³-hybridized carbons (Fsp3) is 0.240. The van der Waals surface area contributed by atoms with Crippen molar-refractivity contribution in [3.05, 3.63) is 77.4 Å². The van der Waals surface area contributed by atoms with Gasteiger partial charge in [-0.2, -0.15) is 0 Å². The molecule has 4 rings (SSSR count). The third-order valence-electron chi connectivity index (χ3n) is 5.37. The molecule has 3 aromatic rings. The summed E-state index contributed by atoms with van der Waals surface area (Å²) in [7, 11) is 4.78. The standard InChI is InChI=1S/C25H25NO5/c1-28-22-15-21-19(23(29-2)24(22)30-3)12-13-20(31-21)16-8-7-9-17(14-16)25(27)26-18-10-5-4-6-11-18/h4-11,14-15,20H,12-13H2,1-3H3,(H,26,27). The highest BCUT2D eigenvalue weighted by atomic mass is 16.5. The number of benzene rings is 3. The minimum Gasteiger partial charge on any atom is -0.493 e. The monoisotopic (exact) mass is 419 g/mol. The van der Waals surface area contributed by atoms with Crippen molar-refractivity contribution in [3.8, 4) is 23.0 Å². The number of fused-ring (bicyclic) bond motifs is 1. The number of carbonyl (C=O) groups excluding carboxylic acids is 1. The molecule has 1 aliphatic heterocycles. The Kier molecular flexibility index (Phi) is 5.98. The average Bonchev–Trinajstić information content (AvgIpc) is 2.83. The summed E-state index contributed by atoms with van der Waals surface area (Å²) < 4.78 is 22.8. The Morgan fingerprint density at radius 2 is 1.71 bits per heavy atom. The number of carbonyl (C=O) groups is 1. The van der Waals surface area contributed by atoms with E-state index in [1.54, 1.807) is 27.4 Å². The van der Waals surface area contributed by atoms with Crippen molar-refractivity contribution in [1.29, 1.82) is 0 Å². The van der Waals surface area contributed by atoms with Crippen LogP contribution in [0, 0.1) is 0 Å². The van der Waals surface area contributed by atoms with Gasteiger partial charge in [-0.15, -0.1) is 0 Å². The fourth-order valence-electron chi connectivity index (χ4n) is 3.86. The summed E-state index contributed by atoms with van der Waals surface area (Å²) in [4.78, 5) is 12.7. The van der Waals surface area contributed by atoms with Gasteiger partial charge in [-0.25, -0.2) is 0 Å². The molecule has 0 fully saturated rings. The topological polar surface area (TPSA) is 66.0 Å². The number of anilines is 1. The molecule has 0 aliphatic carbocycles. The molecular formula is C25H25NO5. The maximum atomic E-state index is 12.7. The van der Waals surface area contributed by atoms with Crippen LogP contribution < -0.4 is 24.3 Å². The Balaban J connectivity index is 1.59. The SMILES string of the molecule is COc1cc2c(c(OC)c1OC)CCC(c1cccc(C(=O)Nc3ccccc3)c1)O2. The Bertz CT molecular complexity index is 1080. The van der Waals surface area contributed by atoms with Gasteiger partial charge in [-0.1, -0.05) is 30.3 Å². The van der Waals surface area contributed by atoms with E-state index in [2.05, 4.69) is 5.32 Å². The van der Waals surface area contributed by atoms with Crippen molar-refractivity contribution in [3.63, 3.8) is 0 Å². The molecule has 1 unspecified atom stereocenters. The number of methoxy groups -OCH3 is 3. The van der Waals surface area contributed by atoms with Crippen molar-refractivity contribution < 1.29 is 23.7 Å². The number of rotatable bonds is 6. The van der Waals surface area contributed by atoms with Gasteiger partial charge < -0.3 is 24.3 Å². The average molecular weight is 419 g/mol. The lowest BCUT2D eigenvalue weighted by Gasteiger charge is -2.29. The number of hydrogen-bond acceptors (Lipinski definition) is 5. The molecule has 1 aliphatic rings. The second-order valence-corrected chi connectivity index (χ2v) is 7.21. The second-order valence-electron chi connectivity index (χ2n) is 7.21. The largest absolute Gasteiger partial charge is 0.493 e. The van der Waals surface area contributed by atoms with Crippen LogP contribution in [-0.4, -0.2) is 27.2 Å². The maximum Gasteiger partial charge on any atom is 0.255 e. The molecular weight excluding hydrogens is 394 g/mol. The number of ether oxygens (including phenoxy) is 4. The highest BCUT2D eigenvalue weighted by Crippen LogP contribution is 2.49. The van der Waals surface area contributed by atoms with Crippen LogP contribution >= 0.6 is 0 Å². The third kappa shape index (κ3) is 4.14. The Labute approximate surface area is 181 Å². The number of para-hydroxylation sites is 1. The van der Waals surface area contributed by atoms with E-state index >= 15 is 0 Å². The van der Waals surface area contributed by atoms with Crippen LogP contribution in [-0.2, 0) is 6.42 Å². The minimum absolute atomic E-state index is 0.155. The summed E-state index contributed by atoms with van der Waals surface area (Å²) in [6.07, 6.45) is 1.33. The zero-order chi connectivity index (χ0) is 21.8. The van der Waals surface area contributed by atoms with Crippen LogP contribution in [0.25, 0.3) is 0 Å². The molecule has 0 spiro atoms. The van der Waals surface area contributed by atoms with E-state index in [1.165, 1.54) is 0 Å². The first kappa shape index (κ1) is 20.6. The summed E-state index contributed by atoms with van der Waals surface area (Å²) in [6.45, 7) is 0. The molecule has 0 radical (unpaired) electrons. The van der Waals surface area contributed by atoms with E-state index in [9.17, 15) is 4.79 Å². The second kappa shape index (κ2) is 9.00. The van der Waals surface area contributed by atoms with Crippen molar-refractivity contribution in [2.24, 2.45) is 0 Å². The van der Waals surface area contributed by atoms with E-state index in [4.69, 9.17) is 18.9 Å². The first-order chi connectivity index (χ1) is 15.1. The molecule has 1 heterocycles. The molecule has 1 N–H and O–H groups in total. The fourth-order valence-corrected chi connectivity index (χ4v) is 3.86. The van der Waals surface area contributed by atoms with Gasteiger partial charge in [0.15, 0.2) is 11.5 Å². The molecule has 0 saturated heterocycles. The van der Waals surface area contributed by atoms with Crippen molar-refractivity contribution >= 4 is 11.6 Å². The third-order valence-corrected chi connectivity index (χ3v) is 5.37. The lowest BCUT2D eigenvalue weighted by Crippen LogP contribution is -2.18. The summed E-state index contributed by atoms with van der Waals surface area (Å²) in [5, 5.41) is 2.92. The molecule has 3 aromatic carbocycles. The van der Waals surface area contributed by atoms with Crippen LogP contribution in [0.5, 0.6) is 23.0 Å². The quantitative estimate of drug-likeness (QED) is 0.607. The highest BCUT2D eigenvalue weighted by Gasteiger charge is 2.29. The summed E-state index contributed by atoms with van der Waals surface area (Å²) in [5.74, 6) is 2.29. The van der Waals surface area contributed by atoms with Gasteiger partial charge in [0.2, 0.25) is 5.75 Å². The van der Waals surface area contributed by atoms with E-state index in [0.29, 0.717) is 28.6 Å². The molecule has 6 nitrogen and oxygen atoms in total. The number of amides is 1. The lowest BCUT2D eigenvalue weighted by molar-refractivity contribution is 0.102. The van der Waals surface area contributed by atoms with Crippen LogP contribution in [0.15, 0.2) is 60.7 Å². The smallest absolute Gasteiger partial charge is 0.255 e. The molecule has 0 aromatic heterocycles. The van der Waals surface area contributed by atoms with E-state index in [0.717, 1.165) is 29.7 Å². The van der Waals surface area contributed by atoms with E-state index in [-0.39, 0.29) is 12.0 Å². The molecule has 0 bridgehead atoms. The molecule has 0 saturated carbocycles. The first-order valence-corrected chi connectivity index (χ1v) is 10.1. The van der Waals surface area contributed by atoms with Crippen LogP contribution in [0.3, 0.4) is 0 Å². The van der Waals surface area contributed by atoms with E-state index in [1.807, 2.05) is 54.6 Å². The predicted octanol–water partition coefficient (Wildman–Crippen LogP) is 5.03. The molecule has 31 heavy (non-hydrogen) atoms. The highest BCUT2D eigenvalue weighted by molar-refractivity contribution is 6.04. The summed E-state index contributed by atoms with van der Waals surface area (Å²) in [6, 6.07) is 18.8. The summed E-state index contributed by atoms with van der Waals surface area (Å²) >= 11 is 0. The Morgan fingerprint density at radius 3 is 2.42 bits per heavy atom. The van der Waals surface area contributed by atoms with Gasteiger partial charge in [-0.05, 0) is 42.7 Å². The number of nitrogens with one attached hydrogen (secondary N) is 1. The molecule has 6 heteroatoms. The van der Waals surface area contributed by atoms with Gasteiger partial charge >= 0.3 is 0 Å². The van der Waals surface area contributed by atoms with Gasteiger partial charge in [-0.3, -0.25) is 4.79 Å². The lowest BCUT2D eigenvalue weighted by atomic mass is 9.95. The zero-order valence-electron chi connectivity index (χ0n) is 17.8. The van der Waals surface area contributed by atoms with Gasteiger partial charge in [0.1, 0.15) is 11.9 Å². The minimum atomic E-state index is -0.181. The zero-order valence-corrected chi connectivity index (χ0v) is 17.8. The van der Waals surface area contributed by atoms with E-state index < -0.39 is 0 Å². The molecule has 1 atom stereocenters. The van der Waals surface area contributed by atoms with Crippen LogP contribution in [0.1, 0.15) is 34.0 Å². The molecule has 160 valence electrons. The van der Waals surface area contributed by atoms with Gasteiger partial charge in [0.25, 0.3) is 5.91 Å². The van der Waals surface area contributed by atoms with Crippen LogP contribution in [0.4, 0.5) is 5.69 Å². The van der Waals surface area contributed by atoms with Crippen LogP contribution in [0.2, 0.25) is 0 Å². The van der Waals surface area contributed by atoms with Crippen molar-refractivity contribution in [2.75, 3.05) is 26.6 Å². The predicted molar refractivity (Wildman–Crippen MR) is 119 cm³/mol. The van der Waals surface area contributed by atoms with Gasteiger partial charge in [0.05, 0.1) is 21.3 Å². The molecule has 1 amide bonds. The summed E-state index contributed by atoms with van der Waals surface area (Å²) in [5.41, 5.74) is 3.24. The Morgan fingerprint density at radius 1 is 0.935 bits per heavy atom. The van der Waals surface area contributed by atoms with Crippen molar-refractivity contribution in [1.82, 2.24) is 0 Å².